The van der Waals surface area contributed by atoms with Crippen LogP contribution < -0.4 is 16.0 Å². The number of benzene rings is 1. The van der Waals surface area contributed by atoms with E-state index in [0.717, 1.165) is 15.5 Å². The van der Waals surface area contributed by atoms with Crippen LogP contribution in [0.1, 0.15) is 49.7 Å². The Morgan fingerprint density at radius 2 is 1.88 bits per heavy atom. The van der Waals surface area contributed by atoms with Gasteiger partial charge in [-0.3, -0.25) is 34.2 Å². The Hall–Kier alpha value is -5.18. The number of piperidine rings is 1. The Balaban J connectivity index is 1.11. The first-order chi connectivity index (χ1) is 20.5. The lowest BCUT2D eigenvalue weighted by Crippen LogP contribution is -2.54. The molecule has 0 aliphatic carbocycles. The van der Waals surface area contributed by atoms with Crippen molar-refractivity contribution in [1.82, 2.24) is 30.1 Å². The third kappa shape index (κ3) is 5.18. The number of nitrogens with one attached hydrogen (secondary N) is 3. The van der Waals surface area contributed by atoms with Gasteiger partial charge in [0.1, 0.15) is 17.4 Å². The van der Waals surface area contributed by atoms with Crippen LogP contribution in [0.5, 0.6) is 0 Å². The highest BCUT2D eigenvalue weighted by atomic mass is 35.5. The summed E-state index contributed by atoms with van der Waals surface area (Å²) < 4.78 is 34.4. The number of imide groups is 2. The van der Waals surface area contributed by atoms with Crippen molar-refractivity contribution in [3.8, 4) is 11.5 Å². The van der Waals surface area contributed by atoms with Crippen molar-refractivity contribution in [3.63, 3.8) is 0 Å². The van der Waals surface area contributed by atoms with Gasteiger partial charge in [0.25, 0.3) is 17.7 Å². The highest BCUT2D eigenvalue weighted by Gasteiger charge is 2.44. The molecule has 4 aromatic rings. The summed E-state index contributed by atoms with van der Waals surface area (Å²) in [6.45, 7) is 0.255. The molecule has 3 N–H and O–H groups in total. The van der Waals surface area contributed by atoms with E-state index in [0.29, 0.717) is 5.69 Å². The number of alkyl halides is 3. The average molecular weight is 612 g/mol. The molecule has 0 radical (unpaired) electrons. The topological polar surface area (TPSA) is 168 Å². The van der Waals surface area contributed by atoms with Crippen LogP contribution in [0.4, 0.5) is 14.5 Å². The number of nitrogens with zero attached hydrogens (tertiary/aromatic N) is 4. The lowest BCUT2D eigenvalue weighted by atomic mass is 10.0. The third-order valence-corrected chi connectivity index (χ3v) is 7.10. The Labute approximate surface area is 245 Å². The summed E-state index contributed by atoms with van der Waals surface area (Å²) in [5.74, 6) is -2.87. The third-order valence-electron chi connectivity index (χ3n) is 6.90. The van der Waals surface area contributed by atoms with Crippen LogP contribution in [0.2, 0.25) is 0 Å². The summed E-state index contributed by atoms with van der Waals surface area (Å²) in [4.78, 5) is 67.4. The first-order valence-electron chi connectivity index (χ1n) is 12.9. The summed E-state index contributed by atoms with van der Waals surface area (Å²) >= 11 is 5.30. The van der Waals surface area contributed by atoms with Crippen LogP contribution in [-0.4, -0.2) is 68.2 Å². The van der Waals surface area contributed by atoms with E-state index in [2.05, 4.69) is 26.0 Å². The first-order valence-corrected chi connectivity index (χ1v) is 13.3. The molecular weight excluding hydrogens is 592 g/mol. The van der Waals surface area contributed by atoms with E-state index in [1.165, 1.54) is 30.5 Å². The molecule has 1 atom stereocenters. The second-order valence-corrected chi connectivity index (χ2v) is 10.2. The van der Waals surface area contributed by atoms with Gasteiger partial charge in [-0.2, -0.15) is 13.9 Å². The largest absolute Gasteiger partial charge is 0.463 e. The predicted octanol–water partition coefficient (Wildman–Crippen LogP) is 2.52. The van der Waals surface area contributed by atoms with Crippen molar-refractivity contribution in [3.05, 3.63) is 71.2 Å². The molecule has 13 nitrogen and oxygen atoms in total. The number of rotatable bonds is 8. The van der Waals surface area contributed by atoms with Crippen molar-refractivity contribution < 1.29 is 37.2 Å². The van der Waals surface area contributed by atoms with Crippen LogP contribution in [0.15, 0.2) is 53.1 Å². The first kappa shape index (κ1) is 28.0. The Bertz CT molecular complexity index is 1820. The standard InChI is InChI=1S/C27H20ClF2N7O6/c28-27(29,30)20-11-16(19-2-1-9-43-19)33-21-12-17(35-37(20)21)23(39)32-8-7-31-13-3-4-14-15(10-13)26(42)36(25(14)41)18-5-6-22(38)34-24(18)40/h1-4,9-12,18,31H,5-8H2,(H,32,39)(H,34,38,40). The van der Waals surface area contributed by atoms with Crippen LogP contribution in [0.3, 0.4) is 0 Å². The number of amides is 5. The minimum atomic E-state index is -3.81. The summed E-state index contributed by atoms with van der Waals surface area (Å²) in [5.41, 5.74) is -0.146. The van der Waals surface area contributed by atoms with Gasteiger partial charge in [0, 0.05) is 31.3 Å². The van der Waals surface area contributed by atoms with Gasteiger partial charge in [-0.1, -0.05) is 0 Å². The van der Waals surface area contributed by atoms with E-state index in [1.54, 1.807) is 12.1 Å². The molecule has 5 amide bonds. The molecule has 2 aliphatic heterocycles. The maximum Gasteiger partial charge on any atom is 0.364 e. The fourth-order valence-electron chi connectivity index (χ4n) is 4.89. The molecule has 43 heavy (non-hydrogen) atoms. The minimum absolute atomic E-state index is 0.0140. The van der Waals surface area contributed by atoms with E-state index < -0.39 is 46.7 Å². The minimum Gasteiger partial charge on any atom is -0.463 e. The van der Waals surface area contributed by atoms with E-state index in [1.807, 2.05) is 0 Å². The summed E-state index contributed by atoms with van der Waals surface area (Å²) in [6.07, 6.45) is 1.42. The number of halogens is 3. The highest BCUT2D eigenvalue weighted by molar-refractivity contribution is 6.24. The van der Waals surface area contributed by atoms with Gasteiger partial charge in [-0.25, -0.2) is 9.50 Å². The van der Waals surface area contributed by atoms with Gasteiger partial charge >= 0.3 is 5.38 Å². The second-order valence-electron chi connectivity index (χ2n) is 9.69. The zero-order valence-electron chi connectivity index (χ0n) is 21.9. The van der Waals surface area contributed by atoms with Gasteiger partial charge in [-0.15, -0.1) is 0 Å². The van der Waals surface area contributed by atoms with E-state index >= 15 is 0 Å². The fraction of sp³-hybridized carbons (Fsp3) is 0.222. The number of hydrogen-bond donors (Lipinski definition) is 3. The van der Waals surface area contributed by atoms with Gasteiger partial charge < -0.3 is 15.1 Å². The number of carbonyl (C=O) groups is 5. The normalized spacial score (nSPS) is 16.9. The van der Waals surface area contributed by atoms with E-state index in [9.17, 15) is 32.8 Å². The Morgan fingerprint density at radius 1 is 1.09 bits per heavy atom. The van der Waals surface area contributed by atoms with Crippen molar-refractivity contribution in [1.29, 1.82) is 0 Å². The Kier molecular flexibility index (Phi) is 6.88. The quantitative estimate of drug-likeness (QED) is 0.154. The SMILES string of the molecule is O=C1CCC(N2C(=O)c3ccc(NCCNC(=O)c4cc5nc(-c6ccco6)cc(C(F)(F)Cl)n5n4)cc3C2=O)C(=O)N1. The Morgan fingerprint density at radius 3 is 2.60 bits per heavy atom. The van der Waals surface area contributed by atoms with E-state index in [4.69, 9.17) is 16.0 Å². The monoisotopic (exact) mass is 611 g/mol. The molecule has 5 heterocycles. The summed E-state index contributed by atoms with van der Waals surface area (Å²) in [7, 11) is 0. The van der Waals surface area contributed by atoms with Crippen LogP contribution in [0.25, 0.3) is 17.1 Å². The maximum atomic E-state index is 14.2. The van der Waals surface area contributed by atoms with Crippen LogP contribution in [-0.2, 0) is 15.0 Å². The lowest BCUT2D eigenvalue weighted by Gasteiger charge is -2.27. The van der Waals surface area contributed by atoms with Gasteiger partial charge in [0.2, 0.25) is 11.8 Å². The van der Waals surface area contributed by atoms with Crippen LogP contribution >= 0.6 is 11.6 Å². The van der Waals surface area contributed by atoms with Crippen LogP contribution in [0, 0.1) is 0 Å². The van der Waals surface area contributed by atoms with E-state index in [-0.39, 0.29) is 59.9 Å². The molecule has 16 heteroatoms. The molecule has 220 valence electrons. The molecule has 3 aromatic heterocycles. The molecule has 6 rings (SSSR count). The maximum absolute atomic E-state index is 14.2. The lowest BCUT2D eigenvalue weighted by molar-refractivity contribution is -0.136. The number of aromatic nitrogens is 3. The molecule has 1 saturated heterocycles. The van der Waals surface area contributed by atoms with Crippen molar-refractivity contribution >= 4 is 52.5 Å². The average Bonchev–Trinajstić information content (AvgIpc) is 3.70. The molecule has 0 spiro atoms. The molecule has 1 unspecified atom stereocenters. The number of furan rings is 1. The molecule has 1 fully saturated rings. The number of hydrogen-bond acceptors (Lipinski definition) is 9. The smallest absolute Gasteiger partial charge is 0.364 e. The molecule has 2 aliphatic rings. The van der Waals surface area contributed by atoms with Gasteiger partial charge in [0.05, 0.1) is 17.4 Å². The van der Waals surface area contributed by atoms with Crippen molar-refractivity contribution in [2.24, 2.45) is 0 Å². The van der Waals surface area contributed by atoms with Crippen molar-refractivity contribution in [2.75, 3.05) is 18.4 Å². The van der Waals surface area contributed by atoms with Gasteiger partial charge in [-0.05, 0) is 54.4 Å². The highest BCUT2D eigenvalue weighted by Crippen LogP contribution is 2.35. The van der Waals surface area contributed by atoms with Gasteiger partial charge in [0.15, 0.2) is 17.1 Å². The number of carbonyl (C=O) groups excluding carboxylic acids is 5. The predicted molar refractivity (Wildman–Crippen MR) is 144 cm³/mol. The zero-order chi connectivity index (χ0) is 30.5. The molecule has 0 saturated carbocycles. The molecular formula is C27H20ClF2N7O6. The summed E-state index contributed by atoms with van der Waals surface area (Å²) in [5, 5.41) is 7.91. The zero-order valence-corrected chi connectivity index (χ0v) is 22.7. The number of fused-ring (bicyclic) bond motifs is 2. The number of anilines is 1. The molecule has 0 bridgehead atoms. The second kappa shape index (κ2) is 10.6. The molecule has 1 aromatic carbocycles. The van der Waals surface area contributed by atoms with Crippen molar-refractivity contribution in [2.45, 2.75) is 24.3 Å². The summed E-state index contributed by atoms with van der Waals surface area (Å²) in [6, 6.07) is 8.77. The fourth-order valence-corrected chi connectivity index (χ4v) is 5.03.